The highest BCUT2D eigenvalue weighted by Gasteiger charge is 2.16. The number of rotatable bonds is 2. The van der Waals surface area contributed by atoms with Gasteiger partial charge in [0.05, 0.1) is 6.04 Å². The summed E-state index contributed by atoms with van der Waals surface area (Å²) in [6.07, 6.45) is 0. The fraction of sp³-hybridized carbons (Fsp3) is 0.200. The van der Waals surface area contributed by atoms with Gasteiger partial charge in [0.15, 0.2) is 0 Å². The minimum absolute atomic E-state index is 0.232. The molecule has 0 fully saturated rings. The molecule has 2 rings (SSSR count). The Morgan fingerprint density at radius 2 is 1.68 bits per heavy atom. The Labute approximate surface area is 131 Å². The predicted octanol–water partition coefficient (Wildman–Crippen LogP) is 5.42. The van der Waals surface area contributed by atoms with Gasteiger partial charge in [-0.15, -0.1) is 0 Å². The zero-order valence-electron chi connectivity index (χ0n) is 10.7. The van der Waals surface area contributed by atoms with Gasteiger partial charge in [-0.05, 0) is 60.4 Å². The summed E-state index contributed by atoms with van der Waals surface area (Å²) in [5.74, 6) is 0. The molecule has 19 heavy (non-hydrogen) atoms. The summed E-state index contributed by atoms with van der Waals surface area (Å²) in [6.45, 7) is 3.99. The van der Waals surface area contributed by atoms with Crippen molar-refractivity contribution < 1.29 is 0 Å². The molecule has 4 heteroatoms. The normalized spacial score (nSPS) is 12.5. The number of hydrogen-bond donors (Lipinski definition) is 1. The van der Waals surface area contributed by atoms with Crippen molar-refractivity contribution in [1.82, 2.24) is 0 Å². The maximum Gasteiger partial charge on any atom is 0.0566 e. The van der Waals surface area contributed by atoms with E-state index in [2.05, 4.69) is 15.9 Å². The van der Waals surface area contributed by atoms with Gasteiger partial charge < -0.3 is 5.73 Å². The van der Waals surface area contributed by atoms with Crippen LogP contribution in [-0.4, -0.2) is 0 Å². The van der Waals surface area contributed by atoms with Crippen molar-refractivity contribution in [1.29, 1.82) is 0 Å². The Kier molecular flexibility index (Phi) is 4.57. The second kappa shape index (κ2) is 5.84. The summed E-state index contributed by atoms with van der Waals surface area (Å²) in [7, 11) is 0. The molecule has 100 valence electrons. The quantitative estimate of drug-likeness (QED) is 0.761. The van der Waals surface area contributed by atoms with Crippen LogP contribution in [0.15, 0.2) is 34.8 Å². The molecule has 1 atom stereocenters. The minimum Gasteiger partial charge on any atom is -0.320 e. The van der Waals surface area contributed by atoms with Gasteiger partial charge in [-0.25, -0.2) is 0 Å². The second-order valence-corrected chi connectivity index (χ2v) is 6.30. The van der Waals surface area contributed by atoms with E-state index in [1.54, 1.807) is 0 Å². The monoisotopic (exact) mass is 357 g/mol. The molecule has 0 heterocycles. The first-order valence-electron chi connectivity index (χ1n) is 5.87. The van der Waals surface area contributed by atoms with E-state index in [1.165, 1.54) is 0 Å². The fourth-order valence-corrected chi connectivity index (χ4v) is 2.95. The van der Waals surface area contributed by atoms with E-state index in [0.717, 1.165) is 31.7 Å². The van der Waals surface area contributed by atoms with E-state index in [1.807, 2.05) is 44.2 Å². The van der Waals surface area contributed by atoms with Crippen LogP contribution in [0.5, 0.6) is 0 Å². The lowest BCUT2D eigenvalue weighted by molar-refractivity contribution is 0.854. The Bertz CT molecular complexity index is 626. The molecule has 1 nitrogen and oxygen atoms in total. The van der Waals surface area contributed by atoms with Crippen molar-refractivity contribution in [3.05, 3.63) is 67.1 Å². The van der Waals surface area contributed by atoms with E-state index >= 15 is 0 Å². The van der Waals surface area contributed by atoms with Gasteiger partial charge in [-0.1, -0.05) is 45.2 Å². The number of halogens is 3. The summed E-state index contributed by atoms with van der Waals surface area (Å²) in [5.41, 5.74) is 10.5. The molecule has 2 aromatic carbocycles. The number of aryl methyl sites for hydroxylation is 2. The molecule has 0 spiro atoms. The molecule has 0 amide bonds. The maximum atomic E-state index is 6.37. The van der Waals surface area contributed by atoms with Crippen molar-refractivity contribution in [3.63, 3.8) is 0 Å². The fourth-order valence-electron chi connectivity index (χ4n) is 2.06. The number of hydrogen-bond acceptors (Lipinski definition) is 1. The third-order valence-electron chi connectivity index (χ3n) is 3.18. The first kappa shape index (κ1) is 14.9. The van der Waals surface area contributed by atoms with Crippen molar-refractivity contribution in [2.24, 2.45) is 5.73 Å². The van der Waals surface area contributed by atoms with Gasteiger partial charge in [-0.2, -0.15) is 0 Å². The average Bonchev–Trinajstić information content (AvgIpc) is 2.36. The average molecular weight is 359 g/mol. The Morgan fingerprint density at radius 3 is 2.37 bits per heavy atom. The van der Waals surface area contributed by atoms with E-state index in [-0.39, 0.29) is 6.04 Å². The molecule has 0 aliphatic carbocycles. The lowest BCUT2D eigenvalue weighted by atomic mass is 9.94. The molecule has 0 aliphatic rings. The predicted molar refractivity (Wildman–Crippen MR) is 86.1 cm³/mol. The summed E-state index contributed by atoms with van der Waals surface area (Å²) in [5, 5.41) is 1.44. The summed E-state index contributed by atoms with van der Waals surface area (Å²) in [4.78, 5) is 0. The molecule has 0 bridgehead atoms. The van der Waals surface area contributed by atoms with Gasteiger partial charge in [-0.3, -0.25) is 0 Å². The molecule has 0 aliphatic heterocycles. The van der Waals surface area contributed by atoms with Crippen LogP contribution in [0.1, 0.15) is 28.3 Å². The maximum absolute atomic E-state index is 6.37. The first-order chi connectivity index (χ1) is 8.90. The molecule has 2 aromatic rings. The van der Waals surface area contributed by atoms with Crippen LogP contribution in [0.4, 0.5) is 0 Å². The van der Waals surface area contributed by atoms with Crippen LogP contribution in [0.3, 0.4) is 0 Å². The highest BCUT2D eigenvalue weighted by molar-refractivity contribution is 9.10. The van der Waals surface area contributed by atoms with Crippen LogP contribution in [0.25, 0.3) is 0 Å². The number of benzene rings is 2. The Hall–Kier alpha value is -0.540. The zero-order valence-corrected chi connectivity index (χ0v) is 13.8. The summed E-state index contributed by atoms with van der Waals surface area (Å²) < 4.78 is 0.955. The first-order valence-corrected chi connectivity index (χ1v) is 7.42. The van der Waals surface area contributed by atoms with Gasteiger partial charge in [0.2, 0.25) is 0 Å². The lowest BCUT2D eigenvalue weighted by Gasteiger charge is -2.18. The third-order valence-corrected chi connectivity index (χ3v) is 4.54. The molecule has 0 saturated carbocycles. The van der Waals surface area contributed by atoms with Crippen LogP contribution in [0, 0.1) is 13.8 Å². The SMILES string of the molecule is Cc1cc(C(N)c2cc(Cl)ccc2Br)c(C)cc1Cl. The minimum atomic E-state index is -0.232. The smallest absolute Gasteiger partial charge is 0.0566 e. The van der Waals surface area contributed by atoms with Gasteiger partial charge >= 0.3 is 0 Å². The third kappa shape index (κ3) is 3.14. The summed E-state index contributed by atoms with van der Waals surface area (Å²) >= 11 is 15.7. The van der Waals surface area contributed by atoms with Crippen LogP contribution in [-0.2, 0) is 0 Å². The summed E-state index contributed by atoms with van der Waals surface area (Å²) in [6, 6.07) is 9.39. The van der Waals surface area contributed by atoms with E-state index in [9.17, 15) is 0 Å². The van der Waals surface area contributed by atoms with Crippen molar-refractivity contribution >= 4 is 39.1 Å². The Balaban J connectivity index is 2.52. The van der Waals surface area contributed by atoms with Crippen LogP contribution < -0.4 is 5.73 Å². The molecule has 0 saturated heterocycles. The van der Waals surface area contributed by atoms with Crippen LogP contribution in [0.2, 0.25) is 10.0 Å². The lowest BCUT2D eigenvalue weighted by Crippen LogP contribution is -2.14. The van der Waals surface area contributed by atoms with Gasteiger partial charge in [0, 0.05) is 14.5 Å². The molecule has 1 unspecified atom stereocenters. The van der Waals surface area contributed by atoms with Gasteiger partial charge in [0.1, 0.15) is 0 Å². The van der Waals surface area contributed by atoms with Gasteiger partial charge in [0.25, 0.3) is 0 Å². The zero-order chi connectivity index (χ0) is 14.2. The van der Waals surface area contributed by atoms with E-state index in [4.69, 9.17) is 28.9 Å². The molecule has 0 aromatic heterocycles. The largest absolute Gasteiger partial charge is 0.320 e. The highest BCUT2D eigenvalue weighted by Crippen LogP contribution is 2.32. The topological polar surface area (TPSA) is 26.0 Å². The van der Waals surface area contributed by atoms with Crippen molar-refractivity contribution in [3.8, 4) is 0 Å². The second-order valence-electron chi connectivity index (χ2n) is 4.60. The molecular formula is C15H14BrCl2N. The molecule has 0 radical (unpaired) electrons. The molecule has 2 N–H and O–H groups in total. The van der Waals surface area contributed by atoms with Crippen molar-refractivity contribution in [2.75, 3.05) is 0 Å². The Morgan fingerprint density at radius 1 is 1.00 bits per heavy atom. The van der Waals surface area contributed by atoms with Crippen molar-refractivity contribution in [2.45, 2.75) is 19.9 Å². The van der Waals surface area contributed by atoms with E-state index < -0.39 is 0 Å². The standard InChI is InChI=1S/C15H14BrCl2N/c1-8-6-14(18)9(2)5-11(8)15(19)12-7-10(17)3-4-13(12)16/h3-7,15H,19H2,1-2H3. The van der Waals surface area contributed by atoms with Crippen LogP contribution >= 0.6 is 39.1 Å². The van der Waals surface area contributed by atoms with E-state index in [0.29, 0.717) is 5.02 Å². The number of nitrogens with two attached hydrogens (primary N) is 1. The highest BCUT2D eigenvalue weighted by atomic mass is 79.9. The molecular weight excluding hydrogens is 345 g/mol.